The van der Waals surface area contributed by atoms with Crippen LogP contribution in [-0.4, -0.2) is 40.1 Å². The molecule has 116 valence electrons. The fraction of sp³-hybridized carbons (Fsp3) is 0.786. The smallest absolute Gasteiger partial charge is 0.344 e. The molecular weight excluding hydrogens is 264 g/mol. The van der Waals surface area contributed by atoms with Crippen LogP contribution in [0.5, 0.6) is 0 Å². The van der Waals surface area contributed by atoms with Crippen molar-refractivity contribution in [1.82, 2.24) is 0 Å². The third-order valence-electron chi connectivity index (χ3n) is 3.30. The zero-order valence-corrected chi connectivity index (χ0v) is 12.3. The highest BCUT2D eigenvalue weighted by Gasteiger charge is 2.54. The first kappa shape index (κ1) is 18.6. The Balaban J connectivity index is 5.46. The average Bonchev–Trinajstić information content (AvgIpc) is 2.35. The van der Waals surface area contributed by atoms with E-state index in [2.05, 4.69) is 0 Å². The summed E-state index contributed by atoms with van der Waals surface area (Å²) < 4.78 is 5.28. The van der Waals surface area contributed by atoms with E-state index < -0.39 is 29.2 Å². The van der Waals surface area contributed by atoms with Crippen LogP contribution in [0, 0.1) is 5.92 Å². The quantitative estimate of drug-likeness (QED) is 0.446. The van der Waals surface area contributed by atoms with Crippen LogP contribution < -0.4 is 0 Å². The minimum absolute atomic E-state index is 0.0539. The Morgan fingerprint density at radius 1 is 1.10 bits per heavy atom. The van der Waals surface area contributed by atoms with Gasteiger partial charge in [-0.25, -0.2) is 4.79 Å². The Bertz CT molecular complexity index is 336. The number of carbonyl (C=O) groups excluding carboxylic acids is 1. The zero-order chi connectivity index (χ0) is 15.8. The highest BCUT2D eigenvalue weighted by molar-refractivity contribution is 6.08. The van der Waals surface area contributed by atoms with Crippen molar-refractivity contribution in [2.45, 2.75) is 58.5 Å². The molecule has 0 heterocycles. The fourth-order valence-electron chi connectivity index (χ4n) is 2.10. The van der Waals surface area contributed by atoms with Crippen LogP contribution in [0.3, 0.4) is 0 Å². The summed E-state index contributed by atoms with van der Waals surface area (Å²) in [5.74, 6) is -4.98. The standard InChI is InChI=1S/C14H24O6/c1-4-6-8-11(12(16)17)14(10(3)15,13(18)19)20-9-7-5-2/h11H,4-9H2,1-3H3,(H,16,17)(H,18,19). The summed E-state index contributed by atoms with van der Waals surface area (Å²) in [6, 6.07) is 0. The molecule has 0 bridgehead atoms. The van der Waals surface area contributed by atoms with Crippen molar-refractivity contribution in [3.8, 4) is 0 Å². The number of unbranched alkanes of at least 4 members (excludes halogenated alkanes) is 2. The van der Waals surface area contributed by atoms with E-state index in [0.717, 1.165) is 13.3 Å². The first-order valence-electron chi connectivity index (χ1n) is 6.95. The molecule has 0 spiro atoms. The molecule has 0 aromatic heterocycles. The van der Waals surface area contributed by atoms with Gasteiger partial charge in [0.2, 0.25) is 5.60 Å². The van der Waals surface area contributed by atoms with Gasteiger partial charge in [-0.1, -0.05) is 33.1 Å². The van der Waals surface area contributed by atoms with Crippen LogP contribution in [0.15, 0.2) is 0 Å². The summed E-state index contributed by atoms with van der Waals surface area (Å²) in [5.41, 5.74) is -2.28. The minimum Gasteiger partial charge on any atom is -0.481 e. The lowest BCUT2D eigenvalue weighted by atomic mass is 9.80. The van der Waals surface area contributed by atoms with Gasteiger partial charge in [-0.05, 0) is 19.8 Å². The second-order valence-electron chi connectivity index (χ2n) is 4.83. The van der Waals surface area contributed by atoms with Crippen molar-refractivity contribution in [1.29, 1.82) is 0 Å². The van der Waals surface area contributed by atoms with Crippen LogP contribution in [0.2, 0.25) is 0 Å². The van der Waals surface area contributed by atoms with Gasteiger partial charge in [0.1, 0.15) is 5.92 Å². The van der Waals surface area contributed by atoms with Crippen LogP contribution in [-0.2, 0) is 19.1 Å². The Morgan fingerprint density at radius 3 is 2.00 bits per heavy atom. The molecule has 0 amide bonds. The topological polar surface area (TPSA) is 101 Å². The lowest BCUT2D eigenvalue weighted by molar-refractivity contribution is -0.187. The van der Waals surface area contributed by atoms with Crippen LogP contribution in [0.4, 0.5) is 0 Å². The summed E-state index contributed by atoms with van der Waals surface area (Å²) >= 11 is 0. The van der Waals surface area contributed by atoms with Crippen molar-refractivity contribution in [3.63, 3.8) is 0 Å². The van der Waals surface area contributed by atoms with Crippen molar-refractivity contribution >= 4 is 17.7 Å². The van der Waals surface area contributed by atoms with Gasteiger partial charge in [0.25, 0.3) is 0 Å². The van der Waals surface area contributed by atoms with E-state index >= 15 is 0 Å². The van der Waals surface area contributed by atoms with E-state index in [9.17, 15) is 24.6 Å². The first-order chi connectivity index (χ1) is 9.34. The number of Topliss-reactive ketones (excluding diaryl/α,β-unsaturated/α-hetero) is 1. The van der Waals surface area contributed by atoms with Gasteiger partial charge >= 0.3 is 11.9 Å². The molecule has 2 N–H and O–H groups in total. The number of aliphatic carboxylic acids is 2. The van der Waals surface area contributed by atoms with E-state index in [4.69, 9.17) is 4.74 Å². The second kappa shape index (κ2) is 8.68. The summed E-state index contributed by atoms with van der Waals surface area (Å²) in [7, 11) is 0. The number of hydrogen-bond acceptors (Lipinski definition) is 4. The molecule has 0 radical (unpaired) electrons. The maximum Gasteiger partial charge on any atom is 0.344 e. The van der Waals surface area contributed by atoms with Gasteiger partial charge in [-0.3, -0.25) is 9.59 Å². The molecule has 0 aliphatic heterocycles. The molecular formula is C14H24O6. The van der Waals surface area contributed by atoms with Gasteiger partial charge < -0.3 is 14.9 Å². The number of carboxylic acids is 2. The molecule has 0 saturated heterocycles. The largest absolute Gasteiger partial charge is 0.481 e. The molecule has 0 aliphatic rings. The number of carboxylic acid groups (broad SMARTS) is 2. The SMILES string of the molecule is CCCCOC(C(C)=O)(C(=O)O)C(CCCC)C(=O)O. The number of ketones is 1. The average molecular weight is 288 g/mol. The van der Waals surface area contributed by atoms with Gasteiger partial charge in [0.05, 0.1) is 0 Å². The Hall–Kier alpha value is -1.43. The summed E-state index contributed by atoms with van der Waals surface area (Å²) in [6.07, 6.45) is 2.68. The zero-order valence-electron chi connectivity index (χ0n) is 12.3. The monoisotopic (exact) mass is 288 g/mol. The van der Waals surface area contributed by atoms with Gasteiger partial charge in [-0.15, -0.1) is 0 Å². The Labute approximate surface area is 119 Å². The van der Waals surface area contributed by atoms with E-state index in [1.807, 2.05) is 13.8 Å². The third-order valence-corrected chi connectivity index (χ3v) is 3.30. The minimum atomic E-state index is -2.28. The highest BCUT2D eigenvalue weighted by atomic mass is 16.5. The van der Waals surface area contributed by atoms with E-state index in [-0.39, 0.29) is 13.0 Å². The summed E-state index contributed by atoms with van der Waals surface area (Å²) in [6.45, 7) is 4.89. The second-order valence-corrected chi connectivity index (χ2v) is 4.83. The molecule has 0 aromatic carbocycles. The van der Waals surface area contributed by atoms with E-state index in [0.29, 0.717) is 19.3 Å². The number of rotatable bonds is 11. The maximum absolute atomic E-state index is 11.8. The lowest BCUT2D eigenvalue weighted by Gasteiger charge is -2.32. The first-order valence-corrected chi connectivity index (χ1v) is 6.95. The molecule has 0 aliphatic carbocycles. The molecule has 2 unspecified atom stereocenters. The van der Waals surface area contributed by atoms with Crippen molar-refractivity contribution in [3.05, 3.63) is 0 Å². The predicted molar refractivity (Wildman–Crippen MR) is 72.6 cm³/mol. The molecule has 2 atom stereocenters. The predicted octanol–water partition coefficient (Wildman–Crippen LogP) is 2.11. The van der Waals surface area contributed by atoms with E-state index in [1.54, 1.807) is 0 Å². The molecule has 6 heteroatoms. The van der Waals surface area contributed by atoms with Crippen LogP contribution in [0.1, 0.15) is 52.9 Å². The molecule has 0 saturated carbocycles. The molecule has 6 nitrogen and oxygen atoms in total. The normalized spacial score (nSPS) is 15.3. The Kier molecular flexibility index (Phi) is 8.06. The molecule has 0 rings (SSSR count). The van der Waals surface area contributed by atoms with Gasteiger partial charge in [-0.2, -0.15) is 0 Å². The van der Waals surface area contributed by atoms with Gasteiger partial charge in [0.15, 0.2) is 5.78 Å². The summed E-state index contributed by atoms with van der Waals surface area (Å²) in [4.78, 5) is 34.8. The molecule has 20 heavy (non-hydrogen) atoms. The summed E-state index contributed by atoms with van der Waals surface area (Å²) in [5, 5.41) is 18.7. The molecule has 0 aromatic rings. The Morgan fingerprint density at radius 2 is 1.65 bits per heavy atom. The molecule has 0 fully saturated rings. The van der Waals surface area contributed by atoms with Crippen molar-refractivity contribution in [2.75, 3.05) is 6.61 Å². The van der Waals surface area contributed by atoms with Crippen molar-refractivity contribution in [2.24, 2.45) is 5.92 Å². The fourth-order valence-corrected chi connectivity index (χ4v) is 2.10. The van der Waals surface area contributed by atoms with Crippen molar-refractivity contribution < 1.29 is 29.3 Å². The number of carbonyl (C=O) groups is 3. The lowest BCUT2D eigenvalue weighted by Crippen LogP contribution is -2.56. The van der Waals surface area contributed by atoms with Gasteiger partial charge in [0, 0.05) is 6.61 Å². The van der Waals surface area contributed by atoms with E-state index in [1.165, 1.54) is 0 Å². The maximum atomic E-state index is 11.8. The highest BCUT2D eigenvalue weighted by Crippen LogP contribution is 2.30. The van der Waals surface area contributed by atoms with Crippen LogP contribution in [0.25, 0.3) is 0 Å². The third kappa shape index (κ3) is 4.30. The van der Waals surface area contributed by atoms with Crippen LogP contribution >= 0.6 is 0 Å². The number of hydrogen-bond donors (Lipinski definition) is 2. The number of ether oxygens (including phenoxy) is 1.